The first-order valence-electron chi connectivity index (χ1n) is 5.01. The highest BCUT2D eigenvalue weighted by molar-refractivity contribution is 4.95. The normalized spacial score (nSPS) is 9.50. The van der Waals surface area contributed by atoms with E-state index in [1.807, 2.05) is 30.1 Å². The summed E-state index contributed by atoms with van der Waals surface area (Å²) in [5, 5.41) is 7.47. The van der Waals surface area contributed by atoms with Gasteiger partial charge in [-0.05, 0) is 26.0 Å². The summed E-state index contributed by atoms with van der Waals surface area (Å²) in [6.45, 7) is 4.88. The third kappa shape index (κ3) is 4.68. The molecule has 3 heteroatoms. The SMILES string of the molecule is CC#CCCNCCCn1cccn1. The average Bonchev–Trinajstić information content (AvgIpc) is 2.69. The Morgan fingerprint density at radius 1 is 1.43 bits per heavy atom. The molecule has 1 aromatic rings. The van der Waals surface area contributed by atoms with Crippen LogP contribution in [0.1, 0.15) is 19.8 Å². The third-order valence-electron chi connectivity index (χ3n) is 1.90. The molecule has 0 aliphatic carbocycles. The molecule has 0 unspecified atom stereocenters. The maximum absolute atomic E-state index is 4.13. The highest BCUT2D eigenvalue weighted by Crippen LogP contribution is 1.87. The molecule has 1 aromatic heterocycles. The summed E-state index contributed by atoms with van der Waals surface area (Å²) >= 11 is 0. The molecular weight excluding hydrogens is 174 g/mol. The van der Waals surface area contributed by atoms with Crippen molar-refractivity contribution in [2.75, 3.05) is 13.1 Å². The van der Waals surface area contributed by atoms with Gasteiger partial charge in [0.1, 0.15) is 0 Å². The van der Waals surface area contributed by atoms with Crippen molar-refractivity contribution in [3.05, 3.63) is 18.5 Å². The summed E-state index contributed by atoms with van der Waals surface area (Å²) < 4.78 is 1.95. The van der Waals surface area contributed by atoms with Crippen molar-refractivity contribution in [3.63, 3.8) is 0 Å². The van der Waals surface area contributed by atoms with Crippen molar-refractivity contribution < 1.29 is 0 Å². The van der Waals surface area contributed by atoms with Crippen LogP contribution in [0.5, 0.6) is 0 Å². The highest BCUT2D eigenvalue weighted by atomic mass is 15.3. The minimum atomic E-state index is 0.943. The Kier molecular flexibility index (Phi) is 5.53. The van der Waals surface area contributed by atoms with Crippen LogP contribution in [0.25, 0.3) is 0 Å². The molecule has 0 aliphatic rings. The lowest BCUT2D eigenvalue weighted by molar-refractivity contribution is 0.546. The number of rotatable bonds is 6. The summed E-state index contributed by atoms with van der Waals surface area (Å²) in [7, 11) is 0. The molecule has 14 heavy (non-hydrogen) atoms. The predicted molar refractivity (Wildman–Crippen MR) is 57.8 cm³/mol. The molecule has 1 N–H and O–H groups in total. The Labute approximate surface area is 85.5 Å². The van der Waals surface area contributed by atoms with Crippen molar-refractivity contribution in [2.45, 2.75) is 26.3 Å². The fraction of sp³-hybridized carbons (Fsp3) is 0.545. The standard InChI is InChI=1S/C11H17N3/c1-2-3-4-7-12-8-5-10-14-11-6-9-13-14/h6,9,11-12H,4-5,7-8,10H2,1H3. The molecule has 0 bridgehead atoms. The van der Waals surface area contributed by atoms with E-state index in [1.165, 1.54) is 0 Å². The number of nitrogens with one attached hydrogen (secondary N) is 1. The van der Waals surface area contributed by atoms with Gasteiger partial charge in [-0.15, -0.1) is 11.8 Å². The van der Waals surface area contributed by atoms with Crippen LogP contribution in [-0.2, 0) is 6.54 Å². The monoisotopic (exact) mass is 191 g/mol. The summed E-state index contributed by atoms with van der Waals surface area (Å²) in [6.07, 6.45) is 5.85. The molecular formula is C11H17N3. The molecule has 0 aromatic carbocycles. The lowest BCUT2D eigenvalue weighted by Gasteiger charge is -2.02. The molecule has 0 radical (unpaired) electrons. The van der Waals surface area contributed by atoms with Gasteiger partial charge in [0.25, 0.3) is 0 Å². The van der Waals surface area contributed by atoms with Crippen LogP contribution >= 0.6 is 0 Å². The van der Waals surface area contributed by atoms with Crippen molar-refractivity contribution >= 4 is 0 Å². The molecule has 1 rings (SSSR count). The van der Waals surface area contributed by atoms with Gasteiger partial charge in [-0.1, -0.05) is 0 Å². The van der Waals surface area contributed by atoms with Gasteiger partial charge in [0, 0.05) is 31.9 Å². The minimum Gasteiger partial charge on any atom is -0.316 e. The van der Waals surface area contributed by atoms with E-state index in [-0.39, 0.29) is 0 Å². The number of hydrogen-bond donors (Lipinski definition) is 1. The Morgan fingerprint density at radius 2 is 2.36 bits per heavy atom. The molecule has 3 nitrogen and oxygen atoms in total. The fourth-order valence-electron chi connectivity index (χ4n) is 1.20. The van der Waals surface area contributed by atoms with Crippen LogP contribution < -0.4 is 5.32 Å². The molecule has 76 valence electrons. The second-order valence-corrected chi connectivity index (χ2v) is 3.05. The van der Waals surface area contributed by atoms with Crippen LogP contribution in [0.3, 0.4) is 0 Å². The Hall–Kier alpha value is -1.27. The summed E-state index contributed by atoms with van der Waals surface area (Å²) in [5.41, 5.74) is 0. The highest BCUT2D eigenvalue weighted by Gasteiger charge is 1.90. The van der Waals surface area contributed by atoms with Gasteiger partial charge in [-0.3, -0.25) is 4.68 Å². The van der Waals surface area contributed by atoms with Crippen LogP contribution in [0, 0.1) is 11.8 Å². The van der Waals surface area contributed by atoms with E-state index in [4.69, 9.17) is 0 Å². The van der Waals surface area contributed by atoms with E-state index >= 15 is 0 Å². The average molecular weight is 191 g/mol. The Balaban J connectivity index is 1.91. The second kappa shape index (κ2) is 7.16. The smallest absolute Gasteiger partial charge is 0.0489 e. The van der Waals surface area contributed by atoms with Gasteiger partial charge in [0.2, 0.25) is 0 Å². The zero-order chi connectivity index (χ0) is 10.1. The van der Waals surface area contributed by atoms with Gasteiger partial charge < -0.3 is 5.32 Å². The molecule has 0 amide bonds. The number of nitrogens with zero attached hydrogens (tertiary/aromatic N) is 2. The first-order valence-corrected chi connectivity index (χ1v) is 5.01. The van der Waals surface area contributed by atoms with Gasteiger partial charge in [0.05, 0.1) is 0 Å². The van der Waals surface area contributed by atoms with Crippen molar-refractivity contribution in [1.82, 2.24) is 15.1 Å². The van der Waals surface area contributed by atoms with Gasteiger partial charge in [-0.25, -0.2) is 0 Å². The largest absolute Gasteiger partial charge is 0.316 e. The number of aromatic nitrogens is 2. The molecule has 0 saturated carbocycles. The molecule has 0 aliphatic heterocycles. The lowest BCUT2D eigenvalue weighted by atomic mass is 10.4. The Morgan fingerprint density at radius 3 is 3.07 bits per heavy atom. The molecule has 1 heterocycles. The summed E-state index contributed by atoms with van der Waals surface area (Å²) in [5.74, 6) is 5.90. The molecule has 0 atom stereocenters. The first-order chi connectivity index (χ1) is 6.93. The van der Waals surface area contributed by atoms with E-state index in [9.17, 15) is 0 Å². The van der Waals surface area contributed by atoms with Crippen LogP contribution in [0.2, 0.25) is 0 Å². The van der Waals surface area contributed by atoms with E-state index in [0.717, 1.165) is 32.5 Å². The van der Waals surface area contributed by atoms with Gasteiger partial charge >= 0.3 is 0 Å². The molecule has 0 saturated heterocycles. The first kappa shape index (κ1) is 10.8. The maximum Gasteiger partial charge on any atom is 0.0489 e. The number of hydrogen-bond acceptors (Lipinski definition) is 2. The predicted octanol–water partition coefficient (Wildman–Crippen LogP) is 1.28. The van der Waals surface area contributed by atoms with Crippen molar-refractivity contribution in [1.29, 1.82) is 0 Å². The van der Waals surface area contributed by atoms with E-state index in [0.29, 0.717) is 0 Å². The minimum absolute atomic E-state index is 0.943. The Bertz CT molecular complexity index is 279. The fourth-order valence-corrected chi connectivity index (χ4v) is 1.20. The van der Waals surface area contributed by atoms with Crippen molar-refractivity contribution in [2.24, 2.45) is 0 Å². The zero-order valence-corrected chi connectivity index (χ0v) is 8.66. The van der Waals surface area contributed by atoms with Crippen LogP contribution in [-0.4, -0.2) is 22.9 Å². The van der Waals surface area contributed by atoms with Gasteiger partial charge in [-0.2, -0.15) is 5.10 Å². The summed E-state index contributed by atoms with van der Waals surface area (Å²) in [4.78, 5) is 0. The molecule has 0 spiro atoms. The quantitative estimate of drug-likeness (QED) is 0.542. The molecule has 0 fully saturated rings. The van der Waals surface area contributed by atoms with E-state index in [1.54, 1.807) is 0 Å². The zero-order valence-electron chi connectivity index (χ0n) is 8.66. The van der Waals surface area contributed by atoms with Crippen LogP contribution in [0.15, 0.2) is 18.5 Å². The lowest BCUT2D eigenvalue weighted by Crippen LogP contribution is -2.17. The van der Waals surface area contributed by atoms with Crippen molar-refractivity contribution in [3.8, 4) is 11.8 Å². The topological polar surface area (TPSA) is 29.9 Å². The van der Waals surface area contributed by atoms with Gasteiger partial charge in [0.15, 0.2) is 0 Å². The second-order valence-electron chi connectivity index (χ2n) is 3.05. The number of aryl methyl sites for hydroxylation is 1. The summed E-state index contributed by atoms with van der Waals surface area (Å²) in [6, 6.07) is 1.95. The van der Waals surface area contributed by atoms with Crippen LogP contribution in [0.4, 0.5) is 0 Å². The third-order valence-corrected chi connectivity index (χ3v) is 1.90. The van der Waals surface area contributed by atoms with E-state index < -0.39 is 0 Å². The maximum atomic E-state index is 4.13. The van der Waals surface area contributed by atoms with E-state index in [2.05, 4.69) is 22.3 Å².